The Morgan fingerprint density at radius 1 is 0.889 bits per heavy atom. The third kappa shape index (κ3) is 4.90. The normalized spacial score (nSPS) is 11.0. The van der Waals surface area contributed by atoms with Gasteiger partial charge < -0.3 is 5.11 Å². The lowest BCUT2D eigenvalue weighted by Crippen LogP contribution is -1.92. The molecule has 2 heterocycles. The van der Waals surface area contributed by atoms with Gasteiger partial charge in [-0.15, -0.1) is 0 Å². The Balaban J connectivity index is 0.000000376. The van der Waals surface area contributed by atoms with Gasteiger partial charge in [0.05, 0.1) is 12.5 Å². The molecule has 0 fully saturated rings. The summed E-state index contributed by atoms with van der Waals surface area (Å²) in [5.41, 5.74) is 4.88. The first-order chi connectivity index (χ1) is 12.8. The maximum Gasteiger partial charge on any atom is 0.261 e. The minimum absolute atomic E-state index is 0.253. The van der Waals surface area contributed by atoms with Crippen LogP contribution in [0.15, 0.2) is 73.2 Å². The van der Waals surface area contributed by atoms with Crippen LogP contribution >= 0.6 is 0 Å². The lowest BCUT2D eigenvalue weighted by Gasteiger charge is -2.03. The molecule has 0 amide bonds. The highest BCUT2D eigenvalue weighted by Gasteiger charge is 2.08. The van der Waals surface area contributed by atoms with Crippen molar-refractivity contribution in [1.82, 2.24) is 14.6 Å². The molecule has 27 heavy (non-hydrogen) atoms. The quantitative estimate of drug-likeness (QED) is 0.515. The van der Waals surface area contributed by atoms with Gasteiger partial charge in [-0.2, -0.15) is 13.5 Å². The molecule has 0 aliphatic carbocycles. The van der Waals surface area contributed by atoms with Crippen molar-refractivity contribution in [2.24, 2.45) is 0 Å². The highest BCUT2D eigenvalue weighted by Crippen LogP contribution is 2.26. The van der Waals surface area contributed by atoms with E-state index in [0.29, 0.717) is 6.26 Å². The molecule has 0 radical (unpaired) electrons. The number of aromatic hydroxyl groups is 1. The van der Waals surface area contributed by atoms with Gasteiger partial charge in [-0.3, -0.25) is 4.55 Å². The number of hydrogen-bond acceptors (Lipinski definition) is 5. The van der Waals surface area contributed by atoms with E-state index in [9.17, 15) is 13.5 Å². The van der Waals surface area contributed by atoms with E-state index in [-0.39, 0.29) is 5.75 Å². The van der Waals surface area contributed by atoms with Crippen LogP contribution in [0.25, 0.3) is 27.9 Å². The van der Waals surface area contributed by atoms with E-state index in [1.54, 1.807) is 16.6 Å². The zero-order valence-electron chi connectivity index (χ0n) is 14.4. The van der Waals surface area contributed by atoms with Crippen molar-refractivity contribution >= 4 is 15.8 Å². The second kappa shape index (κ2) is 7.56. The van der Waals surface area contributed by atoms with E-state index < -0.39 is 10.1 Å². The van der Waals surface area contributed by atoms with Crippen molar-refractivity contribution < 1.29 is 18.1 Å². The van der Waals surface area contributed by atoms with Crippen molar-refractivity contribution in [3.05, 3.63) is 73.2 Å². The molecule has 4 rings (SSSR count). The van der Waals surface area contributed by atoms with Gasteiger partial charge in [0.2, 0.25) is 0 Å². The molecule has 4 aromatic rings. The molecule has 0 aliphatic rings. The van der Waals surface area contributed by atoms with Crippen LogP contribution in [0.4, 0.5) is 0 Å². The fourth-order valence-electron chi connectivity index (χ4n) is 2.50. The average Bonchev–Trinajstić information content (AvgIpc) is 3.05. The van der Waals surface area contributed by atoms with Crippen LogP contribution in [0.5, 0.6) is 5.75 Å². The average molecular weight is 383 g/mol. The third-order valence-electron chi connectivity index (χ3n) is 3.64. The molecule has 0 saturated heterocycles. The first-order valence-corrected chi connectivity index (χ1v) is 9.77. The second-order valence-corrected chi connectivity index (χ2v) is 7.28. The SMILES string of the molecule is CS(=O)(=O)O.Oc1ccc(-c2cnc3c(-c4ccccc4)cnn3c2)cc1. The van der Waals surface area contributed by atoms with Crippen molar-refractivity contribution in [2.45, 2.75) is 0 Å². The first kappa shape index (κ1) is 18.6. The summed E-state index contributed by atoms with van der Waals surface area (Å²) in [6.45, 7) is 0. The number of rotatable bonds is 2. The number of phenols is 1. The summed E-state index contributed by atoms with van der Waals surface area (Å²) in [4.78, 5) is 4.55. The summed E-state index contributed by atoms with van der Waals surface area (Å²) in [6.07, 6.45) is 6.32. The minimum atomic E-state index is -3.67. The van der Waals surface area contributed by atoms with Gasteiger partial charge in [0.1, 0.15) is 5.75 Å². The summed E-state index contributed by atoms with van der Waals surface area (Å²) in [6, 6.07) is 17.1. The molecule has 138 valence electrons. The van der Waals surface area contributed by atoms with Gasteiger partial charge in [-0.25, -0.2) is 9.50 Å². The Labute approximate surface area is 156 Å². The van der Waals surface area contributed by atoms with Crippen molar-refractivity contribution in [3.8, 4) is 28.0 Å². The Morgan fingerprint density at radius 2 is 1.52 bits per heavy atom. The highest BCUT2D eigenvalue weighted by atomic mass is 32.2. The Bertz CT molecular complexity index is 1150. The maximum atomic E-state index is 9.37. The van der Waals surface area contributed by atoms with Crippen LogP contribution in [-0.2, 0) is 10.1 Å². The van der Waals surface area contributed by atoms with Gasteiger partial charge in [-0.05, 0) is 23.3 Å². The fourth-order valence-corrected chi connectivity index (χ4v) is 2.50. The minimum Gasteiger partial charge on any atom is -0.508 e. The number of fused-ring (bicyclic) bond motifs is 1. The smallest absolute Gasteiger partial charge is 0.261 e. The van der Waals surface area contributed by atoms with E-state index in [1.807, 2.05) is 61.1 Å². The zero-order valence-corrected chi connectivity index (χ0v) is 15.2. The number of aromatic nitrogens is 3. The largest absolute Gasteiger partial charge is 0.508 e. The molecule has 0 saturated carbocycles. The number of hydrogen-bond donors (Lipinski definition) is 2. The van der Waals surface area contributed by atoms with E-state index in [0.717, 1.165) is 27.9 Å². The fraction of sp³-hybridized carbons (Fsp3) is 0.0526. The maximum absolute atomic E-state index is 9.37. The van der Waals surface area contributed by atoms with Crippen LogP contribution in [0.2, 0.25) is 0 Å². The third-order valence-corrected chi connectivity index (χ3v) is 3.64. The molecule has 0 spiro atoms. The second-order valence-electron chi connectivity index (χ2n) is 5.81. The van der Waals surface area contributed by atoms with Crippen LogP contribution in [0.1, 0.15) is 0 Å². The standard InChI is InChI=1S/C18H13N3O.CH4O3S/c22-16-8-6-13(7-9-16)15-10-19-18-17(11-20-21(18)12-15)14-4-2-1-3-5-14;1-5(2,3)4/h1-12,22H;1H3,(H,2,3,4). The topological polar surface area (TPSA) is 105 Å². The van der Waals surface area contributed by atoms with Gasteiger partial charge in [0.25, 0.3) is 10.1 Å². The Kier molecular flexibility index (Phi) is 5.20. The molecule has 0 atom stereocenters. The summed E-state index contributed by atoms with van der Waals surface area (Å²) < 4.78 is 27.7. The number of phenolic OH excluding ortho intramolecular Hbond substituents is 1. The van der Waals surface area contributed by atoms with Gasteiger partial charge in [0.15, 0.2) is 5.65 Å². The van der Waals surface area contributed by atoms with Crippen LogP contribution < -0.4 is 0 Å². The summed E-state index contributed by atoms with van der Waals surface area (Å²) in [5.74, 6) is 0.253. The molecule has 0 aliphatic heterocycles. The monoisotopic (exact) mass is 383 g/mol. The highest BCUT2D eigenvalue weighted by molar-refractivity contribution is 7.85. The summed E-state index contributed by atoms with van der Waals surface area (Å²) >= 11 is 0. The predicted octanol–water partition coefficient (Wildman–Crippen LogP) is 3.27. The molecule has 8 heteroatoms. The van der Waals surface area contributed by atoms with E-state index in [1.165, 1.54) is 0 Å². The molecule has 2 aromatic carbocycles. The van der Waals surface area contributed by atoms with Crippen molar-refractivity contribution in [3.63, 3.8) is 0 Å². The molecule has 0 bridgehead atoms. The summed E-state index contributed by atoms with van der Waals surface area (Å²) in [5, 5.41) is 13.8. The van der Waals surface area contributed by atoms with Crippen LogP contribution in [0, 0.1) is 0 Å². The van der Waals surface area contributed by atoms with Gasteiger partial charge in [-0.1, -0.05) is 42.5 Å². The van der Waals surface area contributed by atoms with E-state index in [4.69, 9.17) is 4.55 Å². The summed E-state index contributed by atoms with van der Waals surface area (Å²) in [7, 11) is -3.67. The lowest BCUT2D eigenvalue weighted by molar-refractivity contribution is 0.475. The van der Waals surface area contributed by atoms with Crippen molar-refractivity contribution in [2.75, 3.05) is 6.26 Å². The van der Waals surface area contributed by atoms with Gasteiger partial charge >= 0.3 is 0 Å². The molecule has 7 nitrogen and oxygen atoms in total. The molecule has 2 aromatic heterocycles. The van der Waals surface area contributed by atoms with Crippen LogP contribution in [-0.4, -0.2) is 38.9 Å². The predicted molar refractivity (Wildman–Crippen MR) is 103 cm³/mol. The Morgan fingerprint density at radius 3 is 2.15 bits per heavy atom. The molecule has 2 N–H and O–H groups in total. The van der Waals surface area contributed by atoms with E-state index >= 15 is 0 Å². The number of benzene rings is 2. The first-order valence-electron chi connectivity index (χ1n) is 7.92. The Hall–Kier alpha value is -3.23. The lowest BCUT2D eigenvalue weighted by atomic mass is 10.1. The molecule has 0 unspecified atom stereocenters. The van der Waals surface area contributed by atoms with Crippen LogP contribution in [0.3, 0.4) is 0 Å². The molecular weight excluding hydrogens is 366 g/mol. The van der Waals surface area contributed by atoms with Gasteiger partial charge in [0, 0.05) is 23.5 Å². The zero-order chi connectivity index (χ0) is 19.4. The molecular formula is C19H17N3O4S. The van der Waals surface area contributed by atoms with E-state index in [2.05, 4.69) is 10.1 Å². The van der Waals surface area contributed by atoms with Crippen molar-refractivity contribution in [1.29, 1.82) is 0 Å². The number of nitrogens with zero attached hydrogens (tertiary/aromatic N) is 3.